The molecule has 0 spiro atoms. The molecule has 1 atom stereocenters. The third kappa shape index (κ3) is 5.01. The highest BCUT2D eigenvalue weighted by Crippen LogP contribution is 2.23. The van der Waals surface area contributed by atoms with E-state index in [-0.39, 0.29) is 11.9 Å². The zero-order valence-corrected chi connectivity index (χ0v) is 13.5. The highest BCUT2D eigenvalue weighted by molar-refractivity contribution is 5.72. The van der Waals surface area contributed by atoms with E-state index >= 15 is 0 Å². The molecule has 2 aromatic carbocycles. The van der Waals surface area contributed by atoms with E-state index in [2.05, 4.69) is 6.58 Å². The van der Waals surface area contributed by atoms with Gasteiger partial charge >= 0.3 is 0 Å². The number of hydrogen-bond donors (Lipinski definition) is 1. The molecule has 0 aromatic heterocycles. The smallest absolute Gasteiger partial charge is 0.127 e. The van der Waals surface area contributed by atoms with E-state index in [0.29, 0.717) is 6.61 Å². The van der Waals surface area contributed by atoms with Crippen LogP contribution >= 0.6 is 0 Å². The van der Waals surface area contributed by atoms with Gasteiger partial charge in [-0.3, -0.25) is 0 Å². The van der Waals surface area contributed by atoms with Crippen molar-refractivity contribution in [2.75, 3.05) is 13.7 Å². The van der Waals surface area contributed by atoms with E-state index in [4.69, 9.17) is 9.47 Å². The Kier molecular flexibility index (Phi) is 6.01. The van der Waals surface area contributed by atoms with Gasteiger partial charge in [0, 0.05) is 12.7 Å². The van der Waals surface area contributed by atoms with Gasteiger partial charge < -0.3 is 14.6 Å². The van der Waals surface area contributed by atoms with Crippen LogP contribution in [0.25, 0.3) is 18.2 Å². The molecular weight excluding hydrogens is 288 g/mol. The summed E-state index contributed by atoms with van der Waals surface area (Å²) in [6, 6.07) is 13.0. The molecule has 1 N–H and O–H groups in total. The van der Waals surface area contributed by atoms with Crippen LogP contribution in [0.4, 0.5) is 0 Å². The second-order valence-electron chi connectivity index (χ2n) is 5.28. The van der Waals surface area contributed by atoms with Crippen molar-refractivity contribution in [1.82, 2.24) is 0 Å². The maximum absolute atomic E-state index is 9.30. The van der Waals surface area contributed by atoms with Crippen LogP contribution in [0.15, 0.2) is 49.0 Å². The Morgan fingerprint density at radius 2 is 1.74 bits per heavy atom. The van der Waals surface area contributed by atoms with E-state index in [0.717, 1.165) is 22.4 Å². The lowest BCUT2D eigenvalue weighted by Crippen LogP contribution is -2.16. The quantitative estimate of drug-likeness (QED) is 0.758. The molecule has 0 saturated carbocycles. The van der Waals surface area contributed by atoms with Crippen LogP contribution in [0, 0.1) is 0 Å². The van der Waals surface area contributed by atoms with E-state index in [1.54, 1.807) is 25.3 Å². The molecule has 0 fully saturated rings. The predicted molar refractivity (Wildman–Crippen MR) is 95.5 cm³/mol. The number of aromatic hydroxyl groups is 1. The molecule has 3 nitrogen and oxygen atoms in total. The van der Waals surface area contributed by atoms with Gasteiger partial charge in [-0.25, -0.2) is 0 Å². The van der Waals surface area contributed by atoms with Crippen molar-refractivity contribution < 1.29 is 14.6 Å². The fourth-order valence-corrected chi connectivity index (χ4v) is 2.00. The van der Waals surface area contributed by atoms with Crippen molar-refractivity contribution in [2.45, 2.75) is 13.0 Å². The van der Waals surface area contributed by atoms with Crippen LogP contribution in [0.1, 0.15) is 23.6 Å². The zero-order valence-electron chi connectivity index (χ0n) is 13.5. The van der Waals surface area contributed by atoms with E-state index in [9.17, 15) is 5.11 Å². The first kappa shape index (κ1) is 16.8. The molecule has 0 heterocycles. The van der Waals surface area contributed by atoms with Gasteiger partial charge in [-0.1, -0.05) is 49.1 Å². The lowest BCUT2D eigenvalue weighted by atomic mass is 10.1. The van der Waals surface area contributed by atoms with Crippen LogP contribution in [-0.4, -0.2) is 24.9 Å². The fourth-order valence-electron chi connectivity index (χ4n) is 2.00. The number of rotatable bonds is 7. The van der Waals surface area contributed by atoms with Crippen molar-refractivity contribution in [1.29, 1.82) is 0 Å². The molecule has 0 amide bonds. The Hall–Kier alpha value is -2.52. The Morgan fingerprint density at radius 3 is 2.39 bits per heavy atom. The van der Waals surface area contributed by atoms with Crippen LogP contribution in [0.5, 0.6) is 11.5 Å². The standard InChI is InChI=1S/C20H22O3/c1-4-18-10-7-17(13-20(18)23-14-15(2)22-3)6-5-16-8-11-19(21)12-9-16/h4-13,15,21H,1,14H2,2-3H3. The third-order valence-corrected chi connectivity index (χ3v) is 3.49. The molecule has 0 aliphatic rings. The van der Waals surface area contributed by atoms with Crippen LogP contribution in [0.2, 0.25) is 0 Å². The number of phenols is 1. The number of ether oxygens (including phenoxy) is 2. The molecule has 2 aromatic rings. The SMILES string of the molecule is C=Cc1ccc(C=Cc2ccc(O)cc2)cc1OCC(C)OC. The molecule has 0 saturated heterocycles. The molecule has 0 radical (unpaired) electrons. The van der Waals surface area contributed by atoms with E-state index in [1.807, 2.05) is 49.4 Å². The molecule has 0 bridgehead atoms. The van der Waals surface area contributed by atoms with Crippen molar-refractivity contribution in [3.8, 4) is 11.5 Å². The summed E-state index contributed by atoms with van der Waals surface area (Å²) in [6.45, 7) is 6.27. The molecule has 3 heteroatoms. The first-order chi connectivity index (χ1) is 11.1. The molecule has 0 aliphatic carbocycles. The Labute approximate surface area is 137 Å². The summed E-state index contributed by atoms with van der Waals surface area (Å²) in [5, 5.41) is 9.30. The first-order valence-electron chi connectivity index (χ1n) is 7.51. The number of phenolic OH excluding ortho intramolecular Hbond substituents is 1. The van der Waals surface area contributed by atoms with Crippen molar-refractivity contribution in [3.05, 3.63) is 65.7 Å². The molecular formula is C20H22O3. The highest BCUT2D eigenvalue weighted by Gasteiger charge is 2.05. The summed E-state index contributed by atoms with van der Waals surface area (Å²) in [4.78, 5) is 0. The van der Waals surface area contributed by atoms with Gasteiger partial charge in [0.25, 0.3) is 0 Å². The van der Waals surface area contributed by atoms with Crippen LogP contribution < -0.4 is 4.74 Å². The van der Waals surface area contributed by atoms with Gasteiger partial charge in [-0.2, -0.15) is 0 Å². The summed E-state index contributed by atoms with van der Waals surface area (Å²) in [6.07, 6.45) is 5.81. The first-order valence-corrected chi connectivity index (χ1v) is 7.51. The van der Waals surface area contributed by atoms with Gasteiger partial charge in [-0.05, 0) is 36.2 Å². The lowest BCUT2D eigenvalue weighted by Gasteiger charge is -2.14. The molecule has 0 aliphatic heterocycles. The minimum atomic E-state index is 0.0314. The van der Waals surface area contributed by atoms with Crippen molar-refractivity contribution in [2.24, 2.45) is 0 Å². The van der Waals surface area contributed by atoms with E-state index < -0.39 is 0 Å². The Morgan fingerprint density at radius 1 is 1.09 bits per heavy atom. The summed E-state index contributed by atoms with van der Waals surface area (Å²) >= 11 is 0. The molecule has 23 heavy (non-hydrogen) atoms. The minimum Gasteiger partial charge on any atom is -0.508 e. The second-order valence-corrected chi connectivity index (χ2v) is 5.28. The molecule has 120 valence electrons. The topological polar surface area (TPSA) is 38.7 Å². The van der Waals surface area contributed by atoms with Crippen LogP contribution in [0.3, 0.4) is 0 Å². The Balaban J connectivity index is 2.15. The fraction of sp³-hybridized carbons (Fsp3) is 0.200. The van der Waals surface area contributed by atoms with Gasteiger partial charge in [0.15, 0.2) is 0 Å². The maximum atomic E-state index is 9.30. The van der Waals surface area contributed by atoms with Crippen molar-refractivity contribution in [3.63, 3.8) is 0 Å². The average molecular weight is 310 g/mol. The van der Waals surface area contributed by atoms with Gasteiger partial charge in [0.2, 0.25) is 0 Å². The zero-order chi connectivity index (χ0) is 16.7. The Bertz CT molecular complexity index is 672. The summed E-state index contributed by atoms with van der Waals surface area (Å²) in [5.41, 5.74) is 3.00. The molecule has 1 unspecified atom stereocenters. The van der Waals surface area contributed by atoms with Crippen molar-refractivity contribution >= 4 is 18.2 Å². The average Bonchev–Trinajstić information content (AvgIpc) is 2.59. The summed E-state index contributed by atoms with van der Waals surface area (Å²) < 4.78 is 11.0. The largest absolute Gasteiger partial charge is 0.508 e. The minimum absolute atomic E-state index is 0.0314. The lowest BCUT2D eigenvalue weighted by molar-refractivity contribution is 0.0716. The van der Waals surface area contributed by atoms with Gasteiger partial charge in [0.05, 0.1) is 6.10 Å². The predicted octanol–water partition coefficient (Wildman–Crippen LogP) is 4.62. The summed E-state index contributed by atoms with van der Waals surface area (Å²) in [7, 11) is 1.67. The second kappa shape index (κ2) is 8.20. The monoisotopic (exact) mass is 310 g/mol. The molecule has 2 rings (SSSR count). The number of benzene rings is 2. The number of methoxy groups -OCH3 is 1. The third-order valence-electron chi connectivity index (χ3n) is 3.49. The van der Waals surface area contributed by atoms with Gasteiger partial charge in [-0.15, -0.1) is 0 Å². The van der Waals surface area contributed by atoms with Gasteiger partial charge in [0.1, 0.15) is 18.1 Å². The normalized spacial score (nSPS) is 12.3. The number of hydrogen-bond acceptors (Lipinski definition) is 3. The van der Waals surface area contributed by atoms with E-state index in [1.165, 1.54) is 0 Å². The highest BCUT2D eigenvalue weighted by atomic mass is 16.5. The maximum Gasteiger partial charge on any atom is 0.127 e. The summed E-state index contributed by atoms with van der Waals surface area (Å²) in [5.74, 6) is 1.05. The van der Waals surface area contributed by atoms with Crippen LogP contribution in [-0.2, 0) is 4.74 Å².